The summed E-state index contributed by atoms with van der Waals surface area (Å²) in [5.41, 5.74) is 1.53. The Kier molecular flexibility index (Phi) is 8.89. The lowest BCUT2D eigenvalue weighted by atomic mass is 9.92. The molecule has 0 aliphatic rings. The van der Waals surface area contributed by atoms with Crippen LogP contribution in [0.1, 0.15) is 20.7 Å². The summed E-state index contributed by atoms with van der Waals surface area (Å²) >= 11 is 0. The number of hydrogen-bond acceptors (Lipinski definition) is 8. The van der Waals surface area contributed by atoms with Gasteiger partial charge in [0.25, 0.3) is 0 Å². The average Bonchev–Trinajstić information content (AvgIpc) is 3.12. The smallest absolute Gasteiger partial charge is 0.343 e. The summed E-state index contributed by atoms with van der Waals surface area (Å²) in [5, 5.41) is 3.26. The largest absolute Gasteiger partial charge is 0.423 e. The Morgan fingerprint density at radius 3 is 1.19 bits per heavy atom. The lowest BCUT2D eigenvalue weighted by Crippen LogP contribution is -2.11. The van der Waals surface area contributed by atoms with Crippen molar-refractivity contribution < 1.29 is 38.1 Å². The highest BCUT2D eigenvalue weighted by Gasteiger charge is 2.23. The number of benzene rings is 6. The molecule has 0 atom stereocenters. The second-order valence-corrected chi connectivity index (χ2v) is 10.4. The van der Waals surface area contributed by atoms with Gasteiger partial charge in [0.2, 0.25) is 0 Å². The fourth-order valence-electron chi connectivity index (χ4n) is 5.14. The molecule has 0 aliphatic heterocycles. The molecule has 6 rings (SSSR count). The van der Waals surface area contributed by atoms with Crippen molar-refractivity contribution in [3.05, 3.63) is 158 Å². The molecule has 0 saturated carbocycles. The third kappa shape index (κ3) is 6.59. The number of rotatable bonds is 9. The van der Waals surface area contributed by atoms with Gasteiger partial charge in [-0.05, 0) is 82.2 Å². The quantitative estimate of drug-likeness (QED) is 0.0889. The van der Waals surface area contributed by atoms with Gasteiger partial charge in [-0.1, -0.05) is 73.8 Å². The molecule has 0 spiro atoms. The second-order valence-electron chi connectivity index (χ2n) is 10.4. The minimum absolute atomic E-state index is 0.222. The van der Waals surface area contributed by atoms with Gasteiger partial charge in [0.1, 0.15) is 23.0 Å². The number of hydrogen-bond donors (Lipinski definition) is 0. The minimum atomic E-state index is -0.649. The van der Waals surface area contributed by atoms with Crippen LogP contribution in [-0.4, -0.2) is 23.9 Å². The number of fused-ring (bicyclic) bond motifs is 2. The van der Waals surface area contributed by atoms with Gasteiger partial charge in [0.05, 0.1) is 11.1 Å². The molecule has 0 aromatic heterocycles. The van der Waals surface area contributed by atoms with E-state index in [1.165, 1.54) is 48.5 Å². The van der Waals surface area contributed by atoms with Gasteiger partial charge in [0, 0.05) is 23.3 Å². The van der Waals surface area contributed by atoms with E-state index in [9.17, 15) is 19.2 Å². The molecule has 0 aliphatic carbocycles. The van der Waals surface area contributed by atoms with Crippen LogP contribution >= 0.6 is 0 Å². The van der Waals surface area contributed by atoms with Gasteiger partial charge >= 0.3 is 23.9 Å². The van der Waals surface area contributed by atoms with Crippen molar-refractivity contribution >= 4 is 45.4 Å². The Hall–Kier alpha value is -6.80. The fourth-order valence-corrected chi connectivity index (χ4v) is 5.14. The first-order valence-corrected chi connectivity index (χ1v) is 14.7. The first-order chi connectivity index (χ1) is 23.3. The lowest BCUT2D eigenvalue weighted by molar-refractivity contribution is -0.129. The maximum absolute atomic E-state index is 13.5. The van der Waals surface area contributed by atoms with Crippen molar-refractivity contribution in [1.29, 1.82) is 0 Å². The Labute approximate surface area is 275 Å². The van der Waals surface area contributed by atoms with Gasteiger partial charge in [-0.15, -0.1) is 0 Å². The Balaban J connectivity index is 1.43. The lowest BCUT2D eigenvalue weighted by Gasteiger charge is -2.19. The molecule has 0 heterocycles. The van der Waals surface area contributed by atoms with Crippen LogP contribution in [0, 0.1) is 0 Å². The molecule has 0 fully saturated rings. The summed E-state index contributed by atoms with van der Waals surface area (Å²) in [4.78, 5) is 50.1. The second kappa shape index (κ2) is 13.7. The van der Waals surface area contributed by atoms with Crippen molar-refractivity contribution in [1.82, 2.24) is 0 Å². The van der Waals surface area contributed by atoms with Gasteiger partial charge < -0.3 is 18.9 Å². The van der Waals surface area contributed by atoms with E-state index in [1.54, 1.807) is 12.1 Å². The van der Waals surface area contributed by atoms with E-state index in [0.717, 1.165) is 33.7 Å². The van der Waals surface area contributed by atoms with Crippen LogP contribution in [0.25, 0.3) is 32.7 Å². The number of esters is 4. The molecular formula is C40H26O8. The molecule has 8 nitrogen and oxygen atoms in total. The molecule has 0 N–H and O–H groups in total. The van der Waals surface area contributed by atoms with Gasteiger partial charge in [-0.3, -0.25) is 0 Å². The molecule has 0 saturated heterocycles. The first-order valence-electron chi connectivity index (χ1n) is 14.7. The Bertz CT molecular complexity index is 2070. The highest BCUT2D eigenvalue weighted by Crippen LogP contribution is 2.46. The Morgan fingerprint density at radius 1 is 0.438 bits per heavy atom. The van der Waals surface area contributed by atoms with Gasteiger partial charge in [-0.25, -0.2) is 19.2 Å². The zero-order valence-electron chi connectivity index (χ0n) is 25.4. The highest BCUT2D eigenvalue weighted by atomic mass is 16.5. The van der Waals surface area contributed by atoms with Crippen LogP contribution in [-0.2, 0) is 9.59 Å². The Morgan fingerprint density at radius 2 is 0.812 bits per heavy atom. The summed E-state index contributed by atoms with van der Waals surface area (Å²) in [7, 11) is 0. The fraction of sp³-hybridized carbons (Fsp3) is 0. The van der Waals surface area contributed by atoms with Crippen molar-refractivity contribution in [2.45, 2.75) is 0 Å². The minimum Gasteiger partial charge on any atom is -0.423 e. The van der Waals surface area contributed by atoms with E-state index < -0.39 is 23.9 Å². The molecule has 234 valence electrons. The topological polar surface area (TPSA) is 105 Å². The van der Waals surface area contributed by atoms with E-state index in [2.05, 4.69) is 13.2 Å². The zero-order valence-corrected chi connectivity index (χ0v) is 25.4. The summed E-state index contributed by atoms with van der Waals surface area (Å²) in [6.45, 7) is 6.76. The molecule has 8 heteroatoms. The third-order valence-corrected chi connectivity index (χ3v) is 7.39. The normalized spacial score (nSPS) is 10.6. The molecule has 0 unspecified atom stereocenters. The molecule has 0 bridgehead atoms. The molecule has 6 aromatic carbocycles. The molecule has 0 amide bonds. The third-order valence-electron chi connectivity index (χ3n) is 7.39. The summed E-state index contributed by atoms with van der Waals surface area (Å²) < 4.78 is 22.3. The van der Waals surface area contributed by atoms with Crippen molar-refractivity contribution in [3.8, 4) is 34.1 Å². The molecular weight excluding hydrogens is 608 g/mol. The van der Waals surface area contributed by atoms with E-state index in [4.69, 9.17) is 18.9 Å². The van der Waals surface area contributed by atoms with Crippen LogP contribution in [0.2, 0.25) is 0 Å². The van der Waals surface area contributed by atoms with Crippen LogP contribution in [0.3, 0.4) is 0 Å². The van der Waals surface area contributed by atoms with E-state index in [-0.39, 0.29) is 34.1 Å². The predicted octanol–water partition coefficient (Wildman–Crippen LogP) is 8.28. The van der Waals surface area contributed by atoms with Crippen LogP contribution < -0.4 is 18.9 Å². The molecule has 6 aromatic rings. The van der Waals surface area contributed by atoms with E-state index in [1.807, 2.05) is 60.7 Å². The number of carbonyl (C=O) groups is 4. The van der Waals surface area contributed by atoms with Crippen LogP contribution in [0.5, 0.6) is 23.0 Å². The molecule has 0 radical (unpaired) electrons. The highest BCUT2D eigenvalue weighted by molar-refractivity contribution is 6.11. The van der Waals surface area contributed by atoms with Crippen molar-refractivity contribution in [2.75, 3.05) is 0 Å². The monoisotopic (exact) mass is 634 g/mol. The van der Waals surface area contributed by atoms with E-state index >= 15 is 0 Å². The molecule has 48 heavy (non-hydrogen) atoms. The van der Waals surface area contributed by atoms with Crippen molar-refractivity contribution in [3.63, 3.8) is 0 Å². The van der Waals surface area contributed by atoms with Gasteiger partial charge in [0.15, 0.2) is 0 Å². The number of ether oxygens (including phenoxy) is 4. The standard InChI is InChI=1S/C40H26O8/c1-3-35(41)45-29-19-13-27(14-20-29)39(43)47-33-23-17-25-9-5-7-11-31(25)37(33)38-32-12-8-6-10-26(32)18-24-34(38)48-40(44)28-15-21-30(22-16-28)46-36(42)4-2/h3-24H,1-2H2. The first kappa shape index (κ1) is 31.2. The van der Waals surface area contributed by atoms with Gasteiger partial charge in [-0.2, -0.15) is 0 Å². The van der Waals surface area contributed by atoms with Crippen molar-refractivity contribution in [2.24, 2.45) is 0 Å². The average molecular weight is 635 g/mol. The summed E-state index contributed by atoms with van der Waals surface area (Å²) in [6, 6.07) is 34.2. The predicted molar refractivity (Wildman–Crippen MR) is 181 cm³/mol. The zero-order chi connectivity index (χ0) is 33.6. The maximum Gasteiger partial charge on any atom is 0.343 e. The summed E-state index contributed by atoms with van der Waals surface area (Å²) in [6.07, 6.45) is 2.09. The van der Waals surface area contributed by atoms with Crippen LogP contribution in [0.15, 0.2) is 147 Å². The maximum atomic E-state index is 13.5. The SMILES string of the molecule is C=CC(=O)Oc1ccc(C(=O)Oc2ccc3ccccc3c2-c2c(OC(=O)c3ccc(OC(=O)C=C)cc3)ccc3ccccc23)cc1. The summed E-state index contributed by atoms with van der Waals surface area (Å²) in [5.74, 6) is -1.57. The van der Waals surface area contributed by atoms with Crippen LogP contribution in [0.4, 0.5) is 0 Å². The van der Waals surface area contributed by atoms with E-state index in [0.29, 0.717) is 11.1 Å². The number of carbonyl (C=O) groups excluding carboxylic acids is 4.